The highest BCUT2D eigenvalue weighted by molar-refractivity contribution is 6.31. The van der Waals surface area contributed by atoms with E-state index in [0.717, 1.165) is 0 Å². The number of nitrogens with zero attached hydrogens (tertiary/aromatic N) is 1. The fourth-order valence-electron chi connectivity index (χ4n) is 1.41. The topological polar surface area (TPSA) is 89.9 Å². The zero-order valence-electron chi connectivity index (χ0n) is 10.4. The highest BCUT2D eigenvalue weighted by atomic mass is 35.5. The minimum atomic E-state index is -1.12. The summed E-state index contributed by atoms with van der Waals surface area (Å²) in [6.07, 6.45) is 0.472. The molecule has 0 saturated carbocycles. The van der Waals surface area contributed by atoms with Gasteiger partial charge in [-0.3, -0.25) is 0 Å². The van der Waals surface area contributed by atoms with Gasteiger partial charge in [0.05, 0.1) is 5.56 Å². The number of hydrogen-bond acceptors (Lipinski definition) is 3. The number of halogens is 1. The number of nitrogens with one attached hydrogen (secondary N) is 1. The molecular formula is C12H15ClN2O4. The van der Waals surface area contributed by atoms with Crippen LogP contribution in [-0.2, 0) is 0 Å². The van der Waals surface area contributed by atoms with Gasteiger partial charge in [-0.25, -0.2) is 9.59 Å². The first-order valence-electron chi connectivity index (χ1n) is 5.61. The van der Waals surface area contributed by atoms with Crippen LogP contribution in [0.1, 0.15) is 16.8 Å². The van der Waals surface area contributed by atoms with E-state index in [0.29, 0.717) is 18.7 Å². The predicted molar refractivity (Wildman–Crippen MR) is 71.8 cm³/mol. The number of carboxylic acid groups (broad SMARTS) is 1. The minimum absolute atomic E-state index is 0.000751. The number of amides is 2. The molecule has 0 bridgehead atoms. The Morgan fingerprint density at radius 3 is 2.63 bits per heavy atom. The summed E-state index contributed by atoms with van der Waals surface area (Å²) in [6, 6.07) is 3.69. The number of aromatic carboxylic acids is 1. The molecule has 6 nitrogen and oxygen atoms in total. The summed E-state index contributed by atoms with van der Waals surface area (Å²) in [4.78, 5) is 24.0. The Balaban J connectivity index is 2.76. The maximum absolute atomic E-state index is 11.8. The number of benzene rings is 1. The lowest BCUT2D eigenvalue weighted by atomic mass is 10.2. The summed E-state index contributed by atoms with van der Waals surface area (Å²) < 4.78 is 0. The van der Waals surface area contributed by atoms with Crippen molar-refractivity contribution in [3.05, 3.63) is 28.8 Å². The zero-order chi connectivity index (χ0) is 14.4. The monoisotopic (exact) mass is 286 g/mol. The van der Waals surface area contributed by atoms with Gasteiger partial charge in [-0.1, -0.05) is 11.6 Å². The van der Waals surface area contributed by atoms with Gasteiger partial charge in [0.1, 0.15) is 0 Å². The lowest BCUT2D eigenvalue weighted by molar-refractivity contribution is 0.0697. The Kier molecular flexibility index (Phi) is 5.59. The second-order valence-electron chi connectivity index (χ2n) is 3.96. The molecule has 19 heavy (non-hydrogen) atoms. The Morgan fingerprint density at radius 1 is 1.37 bits per heavy atom. The second-order valence-corrected chi connectivity index (χ2v) is 4.40. The molecule has 0 aliphatic carbocycles. The normalized spacial score (nSPS) is 10.1. The van der Waals surface area contributed by atoms with Crippen LogP contribution in [0.15, 0.2) is 18.2 Å². The Bertz CT molecular complexity index is 479. The summed E-state index contributed by atoms with van der Waals surface area (Å²) >= 11 is 5.78. The van der Waals surface area contributed by atoms with Crippen LogP contribution in [0, 0.1) is 0 Å². The van der Waals surface area contributed by atoms with Crippen molar-refractivity contribution in [3.8, 4) is 0 Å². The molecule has 0 aromatic heterocycles. The van der Waals surface area contributed by atoms with Crippen LogP contribution in [-0.4, -0.2) is 47.3 Å². The number of rotatable bonds is 5. The molecule has 2 amide bonds. The molecule has 7 heteroatoms. The molecule has 1 aromatic rings. The van der Waals surface area contributed by atoms with Gasteiger partial charge in [0.15, 0.2) is 0 Å². The Labute approximate surface area is 115 Å². The molecule has 0 radical (unpaired) electrons. The molecule has 0 aliphatic heterocycles. The van der Waals surface area contributed by atoms with Crippen LogP contribution in [0.5, 0.6) is 0 Å². The van der Waals surface area contributed by atoms with Gasteiger partial charge in [-0.15, -0.1) is 0 Å². The number of aliphatic hydroxyl groups is 1. The van der Waals surface area contributed by atoms with Crippen LogP contribution in [0.3, 0.4) is 0 Å². The van der Waals surface area contributed by atoms with Crippen LogP contribution >= 0.6 is 11.6 Å². The van der Waals surface area contributed by atoms with Gasteiger partial charge in [-0.05, 0) is 24.6 Å². The first-order valence-corrected chi connectivity index (χ1v) is 5.98. The SMILES string of the molecule is CN(CCCO)C(=O)Nc1cc(Cl)cc(C(=O)O)c1. The van der Waals surface area contributed by atoms with Crippen LogP contribution in [0.25, 0.3) is 0 Å². The number of carbonyl (C=O) groups excluding carboxylic acids is 1. The predicted octanol–water partition coefficient (Wildman–Crippen LogP) is 1.88. The van der Waals surface area contributed by atoms with E-state index in [4.69, 9.17) is 21.8 Å². The van der Waals surface area contributed by atoms with E-state index in [9.17, 15) is 9.59 Å². The van der Waals surface area contributed by atoms with Crippen molar-refractivity contribution in [2.24, 2.45) is 0 Å². The third-order valence-electron chi connectivity index (χ3n) is 2.39. The maximum atomic E-state index is 11.8. The van der Waals surface area contributed by atoms with Crippen LogP contribution in [0.4, 0.5) is 10.5 Å². The van der Waals surface area contributed by atoms with Crippen molar-refractivity contribution in [1.82, 2.24) is 4.90 Å². The number of anilines is 1. The third-order valence-corrected chi connectivity index (χ3v) is 2.61. The summed E-state index contributed by atoms with van der Waals surface area (Å²) in [5.74, 6) is -1.12. The third kappa shape index (κ3) is 4.76. The van der Waals surface area contributed by atoms with Gasteiger partial charge in [0.25, 0.3) is 0 Å². The summed E-state index contributed by atoms with van der Waals surface area (Å²) in [5, 5.41) is 20.3. The number of urea groups is 1. The van der Waals surface area contributed by atoms with E-state index in [1.165, 1.54) is 23.1 Å². The van der Waals surface area contributed by atoms with E-state index >= 15 is 0 Å². The fourth-order valence-corrected chi connectivity index (χ4v) is 1.65. The largest absolute Gasteiger partial charge is 0.478 e. The van der Waals surface area contributed by atoms with Crippen LogP contribution in [0.2, 0.25) is 5.02 Å². The van der Waals surface area contributed by atoms with E-state index in [1.54, 1.807) is 7.05 Å². The van der Waals surface area contributed by atoms with E-state index in [1.807, 2.05) is 0 Å². The van der Waals surface area contributed by atoms with Crippen molar-refractivity contribution >= 4 is 29.3 Å². The molecule has 3 N–H and O–H groups in total. The average Bonchev–Trinajstić information content (AvgIpc) is 2.34. The molecule has 0 saturated heterocycles. The van der Waals surface area contributed by atoms with Gasteiger partial charge < -0.3 is 20.4 Å². The summed E-state index contributed by atoms with van der Waals surface area (Å²) in [5.41, 5.74) is 0.312. The smallest absolute Gasteiger partial charge is 0.335 e. The molecule has 0 atom stereocenters. The molecule has 0 heterocycles. The summed E-state index contributed by atoms with van der Waals surface area (Å²) in [6.45, 7) is 0.395. The molecule has 0 spiro atoms. The Morgan fingerprint density at radius 2 is 2.05 bits per heavy atom. The summed E-state index contributed by atoms with van der Waals surface area (Å²) in [7, 11) is 1.58. The van der Waals surface area contributed by atoms with Crippen LogP contribution < -0.4 is 5.32 Å². The highest BCUT2D eigenvalue weighted by Gasteiger charge is 2.11. The minimum Gasteiger partial charge on any atom is -0.478 e. The van der Waals surface area contributed by atoms with Crippen molar-refractivity contribution in [2.45, 2.75) is 6.42 Å². The Hall–Kier alpha value is -1.79. The van der Waals surface area contributed by atoms with Crippen molar-refractivity contribution in [1.29, 1.82) is 0 Å². The van der Waals surface area contributed by atoms with E-state index in [-0.39, 0.29) is 17.2 Å². The standard InChI is InChI=1S/C12H15ClN2O4/c1-15(3-2-4-16)12(19)14-10-6-8(11(17)18)5-9(13)7-10/h5-7,16H,2-4H2,1H3,(H,14,19)(H,17,18). The molecule has 1 aromatic carbocycles. The van der Waals surface area contributed by atoms with Gasteiger partial charge >= 0.3 is 12.0 Å². The van der Waals surface area contributed by atoms with E-state index < -0.39 is 12.0 Å². The number of carboxylic acids is 1. The zero-order valence-corrected chi connectivity index (χ0v) is 11.1. The van der Waals surface area contributed by atoms with Gasteiger partial charge in [0, 0.05) is 30.9 Å². The second kappa shape index (κ2) is 6.96. The first-order chi connectivity index (χ1) is 8.93. The highest BCUT2D eigenvalue weighted by Crippen LogP contribution is 2.19. The lowest BCUT2D eigenvalue weighted by Gasteiger charge is -2.17. The van der Waals surface area contributed by atoms with E-state index in [2.05, 4.69) is 5.32 Å². The molecule has 0 aliphatic rings. The van der Waals surface area contributed by atoms with Gasteiger partial charge in [-0.2, -0.15) is 0 Å². The van der Waals surface area contributed by atoms with Crippen molar-refractivity contribution in [2.75, 3.05) is 25.5 Å². The molecule has 104 valence electrons. The lowest BCUT2D eigenvalue weighted by Crippen LogP contribution is -2.32. The number of carbonyl (C=O) groups is 2. The maximum Gasteiger partial charge on any atom is 0.335 e. The first kappa shape index (κ1) is 15.3. The van der Waals surface area contributed by atoms with Crippen molar-refractivity contribution in [3.63, 3.8) is 0 Å². The van der Waals surface area contributed by atoms with Crippen molar-refractivity contribution < 1.29 is 19.8 Å². The molecule has 1 rings (SSSR count). The average molecular weight is 287 g/mol. The molecule has 0 unspecified atom stereocenters. The fraction of sp³-hybridized carbons (Fsp3) is 0.333. The van der Waals surface area contributed by atoms with Gasteiger partial charge in [0.2, 0.25) is 0 Å². The number of aliphatic hydroxyl groups excluding tert-OH is 1. The molecular weight excluding hydrogens is 272 g/mol. The molecule has 0 fully saturated rings. The quantitative estimate of drug-likeness (QED) is 0.771. The number of hydrogen-bond donors (Lipinski definition) is 3.